The molecule has 1 atom stereocenters. The minimum absolute atomic E-state index is 0.729. The molecule has 1 heteroatoms. The minimum Gasteiger partial charge on any atom is -0.152 e. The van der Waals surface area contributed by atoms with Crippen LogP contribution >= 0.6 is 11.3 Å². The molecule has 0 bridgehead atoms. The van der Waals surface area contributed by atoms with E-state index in [1.54, 1.807) is 11.3 Å². The smallest absolute Gasteiger partial charge is 0.00583 e. The number of hydrogen-bond acceptors (Lipinski definition) is 1. The third-order valence-corrected chi connectivity index (χ3v) is 2.87. The summed E-state index contributed by atoms with van der Waals surface area (Å²) in [7, 11) is 0. The molecule has 0 aliphatic rings. The number of thiophene rings is 1. The molecular formula is C11H16S. The molecule has 0 aliphatic heterocycles. The van der Waals surface area contributed by atoms with E-state index in [4.69, 9.17) is 0 Å². The zero-order valence-electron chi connectivity index (χ0n) is 7.79. The van der Waals surface area contributed by atoms with Crippen molar-refractivity contribution >= 4 is 11.3 Å². The highest BCUT2D eigenvalue weighted by molar-refractivity contribution is 7.07. The second kappa shape index (κ2) is 5.15. The SMILES string of the molecule is C/C=C\CC(CC)c1ccsc1. The first kappa shape index (κ1) is 9.53. The Bertz CT molecular complexity index is 221. The summed E-state index contributed by atoms with van der Waals surface area (Å²) in [6.07, 6.45) is 6.81. The van der Waals surface area contributed by atoms with Crippen molar-refractivity contribution in [3.8, 4) is 0 Å². The molecule has 0 saturated carbocycles. The molecule has 0 nitrogen and oxygen atoms in total. The lowest BCUT2D eigenvalue weighted by atomic mass is 9.96. The van der Waals surface area contributed by atoms with Gasteiger partial charge in [0.2, 0.25) is 0 Å². The van der Waals surface area contributed by atoms with Crippen LogP contribution in [0, 0.1) is 0 Å². The number of hydrogen-bond donors (Lipinski definition) is 0. The van der Waals surface area contributed by atoms with Crippen LogP contribution in [0.2, 0.25) is 0 Å². The third-order valence-electron chi connectivity index (χ3n) is 2.16. The molecule has 66 valence electrons. The van der Waals surface area contributed by atoms with Crippen LogP contribution in [0.5, 0.6) is 0 Å². The van der Waals surface area contributed by atoms with Crippen LogP contribution in [-0.2, 0) is 0 Å². The van der Waals surface area contributed by atoms with E-state index in [0.29, 0.717) is 0 Å². The van der Waals surface area contributed by atoms with Crippen molar-refractivity contribution in [2.75, 3.05) is 0 Å². The lowest BCUT2D eigenvalue weighted by Crippen LogP contribution is -1.92. The van der Waals surface area contributed by atoms with E-state index in [2.05, 4.69) is 42.8 Å². The van der Waals surface area contributed by atoms with Gasteiger partial charge in [0.25, 0.3) is 0 Å². The predicted molar refractivity (Wildman–Crippen MR) is 56.8 cm³/mol. The average Bonchev–Trinajstić information content (AvgIpc) is 2.59. The summed E-state index contributed by atoms with van der Waals surface area (Å²) in [5.41, 5.74) is 1.50. The molecule has 1 aromatic rings. The van der Waals surface area contributed by atoms with E-state index < -0.39 is 0 Å². The van der Waals surface area contributed by atoms with Crippen molar-refractivity contribution in [3.63, 3.8) is 0 Å². The summed E-state index contributed by atoms with van der Waals surface area (Å²) in [6, 6.07) is 2.24. The summed E-state index contributed by atoms with van der Waals surface area (Å²) >= 11 is 1.79. The molecule has 1 heterocycles. The van der Waals surface area contributed by atoms with E-state index in [1.165, 1.54) is 18.4 Å². The molecule has 0 radical (unpaired) electrons. The second-order valence-corrected chi connectivity index (χ2v) is 3.75. The fourth-order valence-electron chi connectivity index (χ4n) is 1.35. The summed E-state index contributed by atoms with van der Waals surface area (Å²) in [6.45, 7) is 4.34. The Labute approximate surface area is 78.9 Å². The van der Waals surface area contributed by atoms with Crippen molar-refractivity contribution < 1.29 is 0 Å². The monoisotopic (exact) mass is 180 g/mol. The maximum Gasteiger partial charge on any atom is -0.00583 e. The predicted octanol–water partition coefficient (Wildman–Crippen LogP) is 4.21. The van der Waals surface area contributed by atoms with E-state index in [0.717, 1.165) is 5.92 Å². The van der Waals surface area contributed by atoms with Gasteiger partial charge in [0.05, 0.1) is 0 Å². The van der Waals surface area contributed by atoms with Crippen LogP contribution in [0.4, 0.5) is 0 Å². The van der Waals surface area contributed by atoms with Gasteiger partial charge in [0, 0.05) is 0 Å². The van der Waals surface area contributed by atoms with Crippen LogP contribution in [0.15, 0.2) is 29.0 Å². The summed E-state index contributed by atoms with van der Waals surface area (Å²) < 4.78 is 0. The molecular weight excluding hydrogens is 164 g/mol. The van der Waals surface area contributed by atoms with Gasteiger partial charge in [0.15, 0.2) is 0 Å². The van der Waals surface area contributed by atoms with E-state index in [1.807, 2.05) is 0 Å². The van der Waals surface area contributed by atoms with Crippen molar-refractivity contribution in [1.29, 1.82) is 0 Å². The Morgan fingerprint density at radius 1 is 1.58 bits per heavy atom. The van der Waals surface area contributed by atoms with Gasteiger partial charge in [0.1, 0.15) is 0 Å². The van der Waals surface area contributed by atoms with E-state index in [9.17, 15) is 0 Å². The fourth-order valence-corrected chi connectivity index (χ4v) is 2.09. The molecule has 0 fully saturated rings. The van der Waals surface area contributed by atoms with E-state index >= 15 is 0 Å². The largest absolute Gasteiger partial charge is 0.152 e. The lowest BCUT2D eigenvalue weighted by molar-refractivity contribution is 0.676. The minimum atomic E-state index is 0.729. The van der Waals surface area contributed by atoms with Gasteiger partial charge >= 0.3 is 0 Å². The van der Waals surface area contributed by atoms with Gasteiger partial charge < -0.3 is 0 Å². The molecule has 1 unspecified atom stereocenters. The number of rotatable bonds is 4. The quantitative estimate of drug-likeness (QED) is 0.609. The molecule has 0 saturated heterocycles. The van der Waals surface area contributed by atoms with Gasteiger partial charge in [-0.1, -0.05) is 19.1 Å². The Hall–Kier alpha value is -0.560. The van der Waals surface area contributed by atoms with Gasteiger partial charge in [-0.2, -0.15) is 11.3 Å². The van der Waals surface area contributed by atoms with Crippen LogP contribution in [0.25, 0.3) is 0 Å². The maximum absolute atomic E-state index is 2.26. The highest BCUT2D eigenvalue weighted by Crippen LogP contribution is 2.25. The topological polar surface area (TPSA) is 0 Å². The van der Waals surface area contributed by atoms with Crippen molar-refractivity contribution in [2.24, 2.45) is 0 Å². The molecule has 0 aliphatic carbocycles. The molecule has 0 N–H and O–H groups in total. The Kier molecular flexibility index (Phi) is 4.09. The first-order valence-electron chi connectivity index (χ1n) is 4.51. The third kappa shape index (κ3) is 2.49. The Morgan fingerprint density at radius 3 is 2.92 bits per heavy atom. The first-order chi connectivity index (χ1) is 5.88. The Morgan fingerprint density at radius 2 is 2.42 bits per heavy atom. The summed E-state index contributed by atoms with van der Waals surface area (Å²) in [5, 5.41) is 4.42. The summed E-state index contributed by atoms with van der Waals surface area (Å²) in [4.78, 5) is 0. The molecule has 0 spiro atoms. The van der Waals surface area contributed by atoms with E-state index in [-0.39, 0.29) is 0 Å². The highest BCUT2D eigenvalue weighted by Gasteiger charge is 2.06. The van der Waals surface area contributed by atoms with Crippen LogP contribution in [-0.4, -0.2) is 0 Å². The average molecular weight is 180 g/mol. The maximum atomic E-state index is 2.26. The van der Waals surface area contributed by atoms with Crippen LogP contribution in [0.1, 0.15) is 38.2 Å². The normalized spacial score (nSPS) is 13.8. The number of allylic oxidation sites excluding steroid dienone is 2. The zero-order chi connectivity index (χ0) is 8.81. The van der Waals surface area contributed by atoms with Gasteiger partial charge in [-0.3, -0.25) is 0 Å². The van der Waals surface area contributed by atoms with Crippen molar-refractivity contribution in [1.82, 2.24) is 0 Å². The van der Waals surface area contributed by atoms with Crippen molar-refractivity contribution in [3.05, 3.63) is 34.5 Å². The first-order valence-corrected chi connectivity index (χ1v) is 5.46. The fraction of sp³-hybridized carbons (Fsp3) is 0.455. The molecule has 0 aromatic carbocycles. The van der Waals surface area contributed by atoms with Gasteiger partial charge in [-0.25, -0.2) is 0 Å². The Balaban J connectivity index is 2.57. The molecule has 1 aromatic heterocycles. The highest BCUT2D eigenvalue weighted by atomic mass is 32.1. The zero-order valence-corrected chi connectivity index (χ0v) is 8.60. The molecule has 12 heavy (non-hydrogen) atoms. The molecule has 1 rings (SSSR count). The van der Waals surface area contributed by atoms with Crippen molar-refractivity contribution in [2.45, 2.75) is 32.6 Å². The second-order valence-electron chi connectivity index (χ2n) is 2.97. The standard InChI is InChI=1S/C11H16S/c1-3-5-6-10(4-2)11-7-8-12-9-11/h3,5,7-10H,4,6H2,1-2H3/b5-3-. The molecule has 0 amide bonds. The van der Waals surface area contributed by atoms with Gasteiger partial charge in [-0.05, 0) is 48.1 Å². The lowest BCUT2D eigenvalue weighted by Gasteiger charge is -2.09. The van der Waals surface area contributed by atoms with Gasteiger partial charge in [-0.15, -0.1) is 0 Å². The van der Waals surface area contributed by atoms with Crippen LogP contribution in [0.3, 0.4) is 0 Å². The summed E-state index contributed by atoms with van der Waals surface area (Å²) in [5.74, 6) is 0.729. The van der Waals surface area contributed by atoms with Crippen LogP contribution < -0.4 is 0 Å².